The maximum Gasteiger partial charge on any atom is 0.238 e. The minimum Gasteiger partial charge on any atom is -0.511 e. The van der Waals surface area contributed by atoms with Crippen molar-refractivity contribution < 1.29 is 19.4 Å². The molecule has 0 aromatic heterocycles. The molecule has 3 rings (SSSR count). The second kappa shape index (κ2) is 10.7. The number of methoxy groups -OCH3 is 1. The molecule has 1 amide bonds. The Labute approximate surface area is 189 Å². The van der Waals surface area contributed by atoms with E-state index in [0.717, 1.165) is 44.2 Å². The van der Waals surface area contributed by atoms with Gasteiger partial charge in [-0.3, -0.25) is 24.4 Å². The quantitative estimate of drug-likeness (QED) is 0.601. The summed E-state index contributed by atoms with van der Waals surface area (Å²) >= 11 is 0. The molecule has 1 aromatic rings. The van der Waals surface area contributed by atoms with Gasteiger partial charge >= 0.3 is 0 Å². The molecule has 0 radical (unpaired) electrons. The summed E-state index contributed by atoms with van der Waals surface area (Å²) in [6.07, 6.45) is 2.48. The van der Waals surface area contributed by atoms with Gasteiger partial charge in [0.05, 0.1) is 25.8 Å². The van der Waals surface area contributed by atoms with Crippen LogP contribution in [0, 0.1) is 5.41 Å². The average Bonchev–Trinajstić information content (AvgIpc) is 2.73. The van der Waals surface area contributed by atoms with Crippen LogP contribution < -0.4 is 10.1 Å². The van der Waals surface area contributed by atoms with Crippen molar-refractivity contribution >= 4 is 23.6 Å². The molecule has 0 spiro atoms. The molecule has 8 nitrogen and oxygen atoms in total. The molecule has 1 heterocycles. The van der Waals surface area contributed by atoms with Gasteiger partial charge in [0.1, 0.15) is 11.5 Å². The molecule has 2 N–H and O–H groups in total. The number of aliphatic hydroxyl groups is 1. The van der Waals surface area contributed by atoms with E-state index in [0.29, 0.717) is 31.5 Å². The third-order valence-electron chi connectivity index (χ3n) is 5.87. The Bertz CT molecular complexity index is 868. The maximum atomic E-state index is 12.3. The predicted molar refractivity (Wildman–Crippen MR) is 126 cm³/mol. The van der Waals surface area contributed by atoms with Crippen molar-refractivity contribution in [3.63, 3.8) is 0 Å². The number of ether oxygens (including phenoxy) is 1. The number of hydrogen-bond acceptors (Lipinski definition) is 7. The molecule has 0 atom stereocenters. The van der Waals surface area contributed by atoms with Gasteiger partial charge < -0.3 is 15.2 Å². The Kier molecular flexibility index (Phi) is 8.04. The third-order valence-corrected chi connectivity index (χ3v) is 5.87. The minimum atomic E-state index is -0.191. The smallest absolute Gasteiger partial charge is 0.238 e. The number of carbonyl (C=O) groups excluding carboxylic acids is 2. The molecule has 1 aromatic carbocycles. The number of ketones is 1. The molecular formula is C24H34N4O4. The number of carbonyl (C=O) groups is 2. The van der Waals surface area contributed by atoms with E-state index >= 15 is 0 Å². The molecular weight excluding hydrogens is 408 g/mol. The largest absolute Gasteiger partial charge is 0.511 e. The molecule has 1 saturated heterocycles. The monoisotopic (exact) mass is 442 g/mol. The van der Waals surface area contributed by atoms with Crippen LogP contribution in [0.1, 0.15) is 26.7 Å². The van der Waals surface area contributed by atoms with E-state index in [1.807, 2.05) is 38.1 Å². The Morgan fingerprint density at radius 2 is 1.81 bits per heavy atom. The molecule has 1 fully saturated rings. The third kappa shape index (κ3) is 6.90. The van der Waals surface area contributed by atoms with Crippen LogP contribution in [0.5, 0.6) is 5.75 Å². The lowest BCUT2D eigenvalue weighted by atomic mass is 9.77. The Morgan fingerprint density at radius 1 is 1.16 bits per heavy atom. The van der Waals surface area contributed by atoms with E-state index in [2.05, 4.69) is 20.1 Å². The summed E-state index contributed by atoms with van der Waals surface area (Å²) in [5, 5.41) is 13.1. The highest BCUT2D eigenvalue weighted by atomic mass is 16.5. The van der Waals surface area contributed by atoms with Crippen LogP contribution >= 0.6 is 0 Å². The van der Waals surface area contributed by atoms with Crippen LogP contribution in [-0.4, -0.2) is 85.7 Å². The molecule has 2 aliphatic rings. The van der Waals surface area contributed by atoms with Gasteiger partial charge in [0, 0.05) is 57.5 Å². The van der Waals surface area contributed by atoms with Crippen molar-refractivity contribution in [3.05, 3.63) is 35.6 Å². The van der Waals surface area contributed by atoms with E-state index in [1.54, 1.807) is 7.11 Å². The van der Waals surface area contributed by atoms with Crippen LogP contribution in [0.2, 0.25) is 0 Å². The number of hydrogen-bond donors (Lipinski definition) is 2. The number of nitrogens with one attached hydrogen (secondary N) is 1. The first-order valence-electron chi connectivity index (χ1n) is 11.1. The van der Waals surface area contributed by atoms with Gasteiger partial charge in [-0.2, -0.15) is 0 Å². The van der Waals surface area contributed by atoms with Crippen molar-refractivity contribution in [1.82, 2.24) is 9.80 Å². The maximum absolute atomic E-state index is 12.3. The topological polar surface area (TPSA) is 94.5 Å². The lowest BCUT2D eigenvalue weighted by Crippen LogP contribution is -2.49. The Hall–Kier alpha value is -2.71. The summed E-state index contributed by atoms with van der Waals surface area (Å²) in [6.45, 7) is 9.07. The van der Waals surface area contributed by atoms with Crippen molar-refractivity contribution in [2.75, 3.05) is 58.2 Å². The minimum absolute atomic E-state index is 0.0263. The number of amides is 1. The zero-order valence-corrected chi connectivity index (χ0v) is 19.3. The summed E-state index contributed by atoms with van der Waals surface area (Å²) in [4.78, 5) is 33.3. The second-order valence-corrected chi connectivity index (χ2v) is 9.23. The van der Waals surface area contributed by atoms with Gasteiger partial charge in [0.2, 0.25) is 5.91 Å². The molecule has 1 aliphatic heterocycles. The van der Waals surface area contributed by atoms with Crippen molar-refractivity contribution in [1.29, 1.82) is 0 Å². The molecule has 0 saturated carbocycles. The molecule has 0 bridgehead atoms. The first-order valence-corrected chi connectivity index (χ1v) is 11.1. The lowest BCUT2D eigenvalue weighted by molar-refractivity contribution is -0.118. The number of allylic oxidation sites excluding steroid dienone is 2. The van der Waals surface area contributed by atoms with Crippen LogP contribution in [0.4, 0.5) is 5.69 Å². The predicted octanol–water partition coefficient (Wildman–Crippen LogP) is 2.52. The van der Waals surface area contributed by atoms with E-state index in [-0.39, 0.29) is 22.9 Å². The number of anilines is 1. The fourth-order valence-electron chi connectivity index (χ4n) is 4.05. The fraction of sp³-hybridized carbons (Fsp3) is 0.542. The number of aliphatic hydroxyl groups excluding tert-OH is 1. The molecule has 1 aliphatic carbocycles. The highest BCUT2D eigenvalue weighted by Crippen LogP contribution is 2.35. The summed E-state index contributed by atoms with van der Waals surface area (Å²) in [5.41, 5.74) is 0.925. The highest BCUT2D eigenvalue weighted by molar-refractivity contribution is 6.14. The number of rotatable bonds is 8. The normalized spacial score (nSPS) is 20.0. The van der Waals surface area contributed by atoms with Gasteiger partial charge in [-0.15, -0.1) is 0 Å². The van der Waals surface area contributed by atoms with Crippen LogP contribution in [0.25, 0.3) is 0 Å². The standard InChI is InChI=1S/C24H34N4O4/c1-24(2)14-21(29)20(22(30)15-24)16-25-8-9-27-10-12-28(13-11-27)17-23(31)26-18-4-6-19(32-3)7-5-18/h4-7,16,29H,8-15,17H2,1-3H3,(H,26,31). The van der Waals surface area contributed by atoms with Crippen LogP contribution in [-0.2, 0) is 9.59 Å². The summed E-state index contributed by atoms with van der Waals surface area (Å²) in [6, 6.07) is 7.29. The number of piperazine rings is 1. The van der Waals surface area contributed by atoms with E-state index < -0.39 is 0 Å². The zero-order chi connectivity index (χ0) is 23.1. The van der Waals surface area contributed by atoms with Gasteiger partial charge in [-0.1, -0.05) is 13.8 Å². The number of aliphatic imine (C=N–C) groups is 1. The first-order chi connectivity index (χ1) is 15.3. The fourth-order valence-corrected chi connectivity index (χ4v) is 4.05. The van der Waals surface area contributed by atoms with Gasteiger partial charge in [-0.05, 0) is 29.7 Å². The Morgan fingerprint density at radius 3 is 2.44 bits per heavy atom. The second-order valence-electron chi connectivity index (χ2n) is 9.23. The van der Waals surface area contributed by atoms with E-state index in [4.69, 9.17) is 4.74 Å². The number of nitrogens with zero attached hydrogens (tertiary/aromatic N) is 3. The van der Waals surface area contributed by atoms with Crippen molar-refractivity contribution in [2.45, 2.75) is 26.7 Å². The van der Waals surface area contributed by atoms with E-state index in [1.165, 1.54) is 6.21 Å². The lowest BCUT2D eigenvalue weighted by Gasteiger charge is -2.33. The van der Waals surface area contributed by atoms with Gasteiger partial charge in [0.15, 0.2) is 5.78 Å². The average molecular weight is 443 g/mol. The van der Waals surface area contributed by atoms with Crippen LogP contribution in [0.3, 0.4) is 0 Å². The molecule has 32 heavy (non-hydrogen) atoms. The molecule has 8 heteroatoms. The number of Topliss-reactive ketones (excluding diaryl/α,β-unsaturated/α-hetero) is 1. The zero-order valence-electron chi connectivity index (χ0n) is 19.3. The van der Waals surface area contributed by atoms with Crippen molar-refractivity contribution in [2.24, 2.45) is 10.4 Å². The summed E-state index contributed by atoms with van der Waals surface area (Å²) in [7, 11) is 1.61. The van der Waals surface area contributed by atoms with Crippen LogP contribution in [0.15, 0.2) is 40.6 Å². The summed E-state index contributed by atoms with van der Waals surface area (Å²) < 4.78 is 5.13. The highest BCUT2D eigenvalue weighted by Gasteiger charge is 2.32. The van der Waals surface area contributed by atoms with Gasteiger partial charge in [-0.25, -0.2) is 0 Å². The van der Waals surface area contributed by atoms with E-state index in [9.17, 15) is 14.7 Å². The van der Waals surface area contributed by atoms with Gasteiger partial charge in [0.25, 0.3) is 0 Å². The molecule has 0 unspecified atom stereocenters. The Balaban J connectivity index is 1.36. The van der Waals surface area contributed by atoms with Crippen molar-refractivity contribution in [3.8, 4) is 5.75 Å². The first kappa shape index (κ1) is 23.9. The summed E-state index contributed by atoms with van der Waals surface area (Å²) in [5.74, 6) is 0.841. The number of benzene rings is 1. The molecule has 174 valence electrons. The SMILES string of the molecule is COc1ccc(NC(=O)CN2CCN(CCN=CC3=C(O)CC(C)(C)CC3=O)CC2)cc1.